The molecule has 0 saturated heterocycles. The van der Waals surface area contributed by atoms with Crippen LogP contribution in [0.25, 0.3) is 28.5 Å². The van der Waals surface area contributed by atoms with Crippen LogP contribution < -0.4 is 14.8 Å². The van der Waals surface area contributed by atoms with Gasteiger partial charge in [-0.2, -0.15) is 5.26 Å². The number of nitriles is 1. The Morgan fingerprint density at radius 2 is 1.50 bits per heavy atom. The molecule has 1 amide bonds. The van der Waals surface area contributed by atoms with Gasteiger partial charge in [0.1, 0.15) is 28.9 Å². The van der Waals surface area contributed by atoms with Crippen molar-refractivity contribution >= 4 is 23.8 Å². The van der Waals surface area contributed by atoms with E-state index in [2.05, 4.69) is 11.4 Å². The monoisotopic (exact) mass is 508 g/mol. The van der Waals surface area contributed by atoms with Crippen LogP contribution in [0.3, 0.4) is 0 Å². The lowest BCUT2D eigenvalue weighted by atomic mass is 9.98. The third-order valence-electron chi connectivity index (χ3n) is 5.56. The number of carbonyl (C=O) groups excluding carboxylic acids is 2. The summed E-state index contributed by atoms with van der Waals surface area (Å²) in [6, 6.07) is 25.6. The minimum Gasteiger partial charge on any atom is -0.497 e. The van der Waals surface area contributed by atoms with Crippen LogP contribution in [-0.2, 0) is 14.3 Å². The Kier molecular flexibility index (Phi) is 8.21. The lowest BCUT2D eigenvalue weighted by Crippen LogP contribution is -2.20. The maximum atomic E-state index is 12.6. The van der Waals surface area contributed by atoms with Gasteiger partial charge in [-0.25, -0.2) is 4.79 Å². The van der Waals surface area contributed by atoms with Crippen molar-refractivity contribution in [3.05, 3.63) is 96.1 Å². The van der Waals surface area contributed by atoms with E-state index in [1.54, 1.807) is 68.8 Å². The molecule has 0 atom stereocenters. The quantitative estimate of drug-likeness (QED) is 0.228. The van der Waals surface area contributed by atoms with E-state index in [-0.39, 0.29) is 11.4 Å². The molecule has 8 heteroatoms. The van der Waals surface area contributed by atoms with E-state index in [0.29, 0.717) is 33.9 Å². The topological polar surface area (TPSA) is 111 Å². The number of anilines is 1. The van der Waals surface area contributed by atoms with Crippen LogP contribution in [0.1, 0.15) is 11.1 Å². The van der Waals surface area contributed by atoms with Gasteiger partial charge in [-0.05, 0) is 53.6 Å². The van der Waals surface area contributed by atoms with Crippen LogP contribution in [0, 0.1) is 11.3 Å². The van der Waals surface area contributed by atoms with E-state index in [9.17, 15) is 14.9 Å². The standard InChI is InChI=1S/C30H24N2O6/c1-35-23-13-9-21(10-14-23)28-25(18-31)30(38-29(28)22-11-15-24(36-2)16-12-22)32-26(33)19-37-27(34)17-8-20-6-4-3-5-7-20/h3-17H,19H2,1-2H3,(H,32,33)/b17-8+. The van der Waals surface area contributed by atoms with Crippen LogP contribution in [0.2, 0.25) is 0 Å². The minimum absolute atomic E-state index is 0.0509. The largest absolute Gasteiger partial charge is 0.497 e. The Bertz CT molecular complexity index is 1480. The average molecular weight is 509 g/mol. The van der Waals surface area contributed by atoms with Crippen LogP contribution >= 0.6 is 0 Å². The summed E-state index contributed by atoms with van der Waals surface area (Å²) in [5.41, 5.74) is 2.81. The number of hydrogen-bond acceptors (Lipinski definition) is 7. The first-order valence-corrected chi connectivity index (χ1v) is 11.6. The highest BCUT2D eigenvalue weighted by molar-refractivity contribution is 5.97. The van der Waals surface area contributed by atoms with Crippen LogP contribution in [0.4, 0.5) is 5.88 Å². The second-order valence-electron chi connectivity index (χ2n) is 7.98. The lowest BCUT2D eigenvalue weighted by Gasteiger charge is -2.06. The van der Waals surface area contributed by atoms with E-state index in [1.807, 2.05) is 30.3 Å². The molecule has 1 aromatic heterocycles. The number of furan rings is 1. The maximum absolute atomic E-state index is 12.6. The van der Waals surface area contributed by atoms with Crippen molar-refractivity contribution in [2.45, 2.75) is 0 Å². The number of benzene rings is 3. The predicted octanol–water partition coefficient (Wildman–Crippen LogP) is 5.70. The second kappa shape index (κ2) is 12.1. The molecule has 0 aliphatic rings. The fourth-order valence-corrected chi connectivity index (χ4v) is 3.68. The molecule has 0 bridgehead atoms. The molecular formula is C30H24N2O6. The van der Waals surface area contributed by atoms with E-state index < -0.39 is 18.5 Å². The fraction of sp³-hybridized carbons (Fsp3) is 0.100. The van der Waals surface area contributed by atoms with Crippen molar-refractivity contribution in [3.8, 4) is 40.0 Å². The maximum Gasteiger partial charge on any atom is 0.331 e. The number of rotatable bonds is 9. The van der Waals surface area contributed by atoms with E-state index in [4.69, 9.17) is 18.6 Å². The number of esters is 1. The normalized spacial score (nSPS) is 10.6. The summed E-state index contributed by atoms with van der Waals surface area (Å²) in [6.45, 7) is -0.556. The Morgan fingerprint density at radius 1 is 0.895 bits per heavy atom. The SMILES string of the molecule is COc1ccc(-c2oc(NC(=O)COC(=O)/C=C/c3ccccc3)c(C#N)c2-c2ccc(OC)cc2)cc1. The molecule has 4 aromatic rings. The summed E-state index contributed by atoms with van der Waals surface area (Å²) in [5, 5.41) is 12.6. The third kappa shape index (κ3) is 6.09. The molecule has 0 unspecified atom stereocenters. The Hall–Kier alpha value is -5.29. The summed E-state index contributed by atoms with van der Waals surface area (Å²) in [5.74, 6) is 0.306. The molecule has 8 nitrogen and oxygen atoms in total. The van der Waals surface area contributed by atoms with Crippen molar-refractivity contribution in [1.82, 2.24) is 0 Å². The molecule has 38 heavy (non-hydrogen) atoms. The van der Waals surface area contributed by atoms with Gasteiger partial charge in [-0.15, -0.1) is 0 Å². The van der Waals surface area contributed by atoms with Crippen LogP contribution in [0.5, 0.6) is 11.5 Å². The molecular weight excluding hydrogens is 484 g/mol. The van der Waals surface area contributed by atoms with Gasteiger partial charge in [0.25, 0.3) is 5.91 Å². The first-order chi connectivity index (χ1) is 18.5. The number of amides is 1. The van der Waals surface area contributed by atoms with Gasteiger partial charge >= 0.3 is 5.97 Å². The van der Waals surface area contributed by atoms with Gasteiger partial charge in [0, 0.05) is 17.2 Å². The molecule has 3 aromatic carbocycles. The smallest absolute Gasteiger partial charge is 0.331 e. The van der Waals surface area contributed by atoms with Crippen LogP contribution in [-0.4, -0.2) is 32.7 Å². The van der Waals surface area contributed by atoms with E-state index >= 15 is 0 Å². The van der Waals surface area contributed by atoms with E-state index in [1.165, 1.54) is 6.08 Å². The molecule has 0 spiro atoms. The Labute approximate surface area is 219 Å². The Balaban J connectivity index is 1.58. The first-order valence-electron chi connectivity index (χ1n) is 11.6. The van der Waals surface area contributed by atoms with Gasteiger partial charge in [0.05, 0.1) is 14.2 Å². The molecule has 1 heterocycles. The molecule has 4 rings (SSSR count). The van der Waals surface area contributed by atoms with Crippen molar-refractivity contribution < 1.29 is 28.2 Å². The van der Waals surface area contributed by atoms with Gasteiger partial charge in [0.15, 0.2) is 6.61 Å². The molecule has 0 radical (unpaired) electrons. The zero-order valence-corrected chi connectivity index (χ0v) is 20.8. The number of methoxy groups -OCH3 is 2. The summed E-state index contributed by atoms with van der Waals surface area (Å²) >= 11 is 0. The van der Waals surface area contributed by atoms with E-state index in [0.717, 1.165) is 5.56 Å². The second-order valence-corrected chi connectivity index (χ2v) is 7.98. The molecule has 0 fully saturated rings. The summed E-state index contributed by atoms with van der Waals surface area (Å²) in [6.07, 6.45) is 2.82. The van der Waals surface area contributed by atoms with Crippen molar-refractivity contribution in [2.75, 3.05) is 26.1 Å². The molecule has 0 saturated carbocycles. The highest BCUT2D eigenvalue weighted by atomic mass is 16.5. The molecule has 0 aliphatic heterocycles. The highest BCUT2D eigenvalue weighted by Gasteiger charge is 2.24. The fourth-order valence-electron chi connectivity index (χ4n) is 3.68. The zero-order chi connectivity index (χ0) is 26.9. The van der Waals surface area contributed by atoms with Crippen molar-refractivity contribution in [1.29, 1.82) is 5.26 Å². The van der Waals surface area contributed by atoms with Gasteiger partial charge in [0.2, 0.25) is 5.88 Å². The molecule has 190 valence electrons. The summed E-state index contributed by atoms with van der Waals surface area (Å²) in [7, 11) is 3.13. The predicted molar refractivity (Wildman–Crippen MR) is 142 cm³/mol. The highest BCUT2D eigenvalue weighted by Crippen LogP contribution is 2.42. The summed E-state index contributed by atoms with van der Waals surface area (Å²) in [4.78, 5) is 24.6. The summed E-state index contributed by atoms with van der Waals surface area (Å²) < 4.78 is 21.5. The first kappa shape index (κ1) is 25.8. The minimum atomic E-state index is -0.679. The van der Waals surface area contributed by atoms with Gasteiger partial charge in [-0.3, -0.25) is 10.1 Å². The molecule has 0 aliphatic carbocycles. The van der Waals surface area contributed by atoms with Crippen LogP contribution in [0.15, 0.2) is 89.4 Å². The number of nitrogens with one attached hydrogen (secondary N) is 1. The van der Waals surface area contributed by atoms with Gasteiger partial charge in [-0.1, -0.05) is 42.5 Å². The number of hydrogen-bond donors (Lipinski definition) is 1. The number of nitrogens with zero attached hydrogens (tertiary/aromatic N) is 1. The zero-order valence-electron chi connectivity index (χ0n) is 20.8. The lowest BCUT2D eigenvalue weighted by molar-refractivity contribution is -0.142. The van der Waals surface area contributed by atoms with Crippen molar-refractivity contribution in [3.63, 3.8) is 0 Å². The number of carbonyl (C=O) groups is 2. The number of ether oxygens (including phenoxy) is 3. The van der Waals surface area contributed by atoms with Crippen molar-refractivity contribution in [2.24, 2.45) is 0 Å². The Morgan fingerprint density at radius 3 is 2.08 bits per heavy atom. The van der Waals surface area contributed by atoms with Gasteiger partial charge < -0.3 is 18.6 Å². The third-order valence-corrected chi connectivity index (χ3v) is 5.56. The average Bonchev–Trinajstić information content (AvgIpc) is 3.33. The molecule has 1 N–H and O–H groups in total.